The first-order valence-corrected chi connectivity index (χ1v) is 10.5. The van der Waals surface area contributed by atoms with Gasteiger partial charge in [0.25, 0.3) is 0 Å². The summed E-state index contributed by atoms with van der Waals surface area (Å²) in [4.78, 5) is 24.3. The van der Waals surface area contributed by atoms with E-state index in [1.807, 2.05) is 24.3 Å². The number of para-hydroxylation sites is 2. The van der Waals surface area contributed by atoms with Crippen LogP contribution in [0.25, 0.3) is 28.1 Å². The summed E-state index contributed by atoms with van der Waals surface area (Å²) < 4.78 is 18.9. The molecule has 3 heterocycles. The molecule has 3 aromatic heterocycles. The number of rotatable bonds is 8. The van der Waals surface area contributed by atoms with Crippen LogP contribution in [0.5, 0.6) is 11.6 Å². The Balaban J connectivity index is 1.20. The summed E-state index contributed by atoms with van der Waals surface area (Å²) in [5, 5.41) is 15.5. The number of aromatic nitrogens is 5. The molecule has 0 aliphatic heterocycles. The maximum absolute atomic E-state index is 12.3. The lowest BCUT2D eigenvalue weighted by Gasteiger charge is -2.08. The Kier molecular flexibility index (Phi) is 5.65. The topological polar surface area (TPSA) is 126 Å². The molecule has 0 aliphatic carbocycles. The van der Waals surface area contributed by atoms with Gasteiger partial charge in [0, 0.05) is 11.6 Å². The molecular weight excluding hydrogens is 440 g/mol. The normalized spacial score (nSPS) is 11.1. The zero-order chi connectivity index (χ0) is 23.5. The number of nitrogens with zero attached hydrogens (tertiary/aromatic N) is 5. The molecule has 5 rings (SSSR count). The van der Waals surface area contributed by atoms with Gasteiger partial charge in [-0.3, -0.25) is 9.36 Å². The van der Waals surface area contributed by atoms with Gasteiger partial charge >= 0.3 is 5.76 Å². The van der Waals surface area contributed by atoms with Crippen molar-refractivity contribution in [2.75, 3.05) is 20.3 Å². The van der Waals surface area contributed by atoms with E-state index in [1.165, 1.54) is 4.57 Å². The molecule has 1 N–H and O–H groups in total. The van der Waals surface area contributed by atoms with Crippen molar-refractivity contribution in [3.63, 3.8) is 0 Å². The van der Waals surface area contributed by atoms with Crippen LogP contribution in [-0.2, 0) is 11.3 Å². The van der Waals surface area contributed by atoms with E-state index in [0.717, 1.165) is 11.3 Å². The number of hydrogen-bond acceptors (Lipinski definition) is 8. The molecule has 0 radical (unpaired) electrons. The van der Waals surface area contributed by atoms with E-state index in [-0.39, 0.29) is 25.6 Å². The maximum atomic E-state index is 12.3. The fourth-order valence-corrected chi connectivity index (χ4v) is 3.48. The molecule has 2 aromatic carbocycles. The van der Waals surface area contributed by atoms with Gasteiger partial charge in [0.1, 0.15) is 18.9 Å². The molecule has 11 heteroatoms. The SMILES string of the molecule is COc1ccc(-c2nnc3ccc(OCCNC(=O)Cn4c(=O)oc5ccccc54)nn23)cc1. The van der Waals surface area contributed by atoms with Gasteiger partial charge in [-0.1, -0.05) is 12.1 Å². The quantitative estimate of drug-likeness (QED) is 0.348. The lowest BCUT2D eigenvalue weighted by atomic mass is 10.2. The van der Waals surface area contributed by atoms with Crippen LogP contribution >= 0.6 is 0 Å². The van der Waals surface area contributed by atoms with E-state index >= 15 is 0 Å². The van der Waals surface area contributed by atoms with Crippen LogP contribution in [0.4, 0.5) is 0 Å². The van der Waals surface area contributed by atoms with Gasteiger partial charge in [0.2, 0.25) is 11.8 Å². The van der Waals surface area contributed by atoms with Gasteiger partial charge in [0.15, 0.2) is 17.1 Å². The lowest BCUT2D eigenvalue weighted by molar-refractivity contribution is -0.121. The van der Waals surface area contributed by atoms with Crippen molar-refractivity contribution in [2.45, 2.75) is 6.54 Å². The van der Waals surface area contributed by atoms with E-state index in [1.54, 1.807) is 48.0 Å². The monoisotopic (exact) mass is 460 g/mol. The Morgan fingerprint density at radius 1 is 1.06 bits per heavy atom. The third-order valence-electron chi connectivity index (χ3n) is 5.14. The Labute approximate surface area is 192 Å². The minimum atomic E-state index is -0.577. The van der Waals surface area contributed by atoms with Gasteiger partial charge in [0.05, 0.1) is 19.2 Å². The highest BCUT2D eigenvalue weighted by molar-refractivity contribution is 5.79. The Bertz CT molecular complexity index is 1520. The average Bonchev–Trinajstić information content (AvgIpc) is 3.42. The van der Waals surface area contributed by atoms with E-state index in [4.69, 9.17) is 13.9 Å². The van der Waals surface area contributed by atoms with Crippen molar-refractivity contribution >= 4 is 22.7 Å². The van der Waals surface area contributed by atoms with Crippen LogP contribution in [0.15, 0.2) is 69.9 Å². The molecular formula is C23H20N6O5. The van der Waals surface area contributed by atoms with Crippen molar-refractivity contribution in [1.82, 2.24) is 29.7 Å². The summed E-state index contributed by atoms with van der Waals surface area (Å²) in [7, 11) is 1.61. The largest absolute Gasteiger partial charge is 0.497 e. The molecule has 0 unspecified atom stereocenters. The van der Waals surface area contributed by atoms with Crippen LogP contribution in [0, 0.1) is 0 Å². The summed E-state index contributed by atoms with van der Waals surface area (Å²) in [5.74, 6) is 0.748. The molecule has 0 saturated heterocycles. The lowest BCUT2D eigenvalue weighted by Crippen LogP contribution is -2.33. The zero-order valence-corrected chi connectivity index (χ0v) is 18.2. The van der Waals surface area contributed by atoms with Gasteiger partial charge in [-0.15, -0.1) is 15.3 Å². The summed E-state index contributed by atoms with van der Waals surface area (Å²) >= 11 is 0. The van der Waals surface area contributed by atoms with Crippen LogP contribution in [0.3, 0.4) is 0 Å². The molecule has 34 heavy (non-hydrogen) atoms. The third-order valence-corrected chi connectivity index (χ3v) is 5.14. The highest BCUT2D eigenvalue weighted by Crippen LogP contribution is 2.21. The standard InChI is InChI=1S/C23H20N6O5/c1-32-16-8-6-15(7-9-16)22-26-25-19-10-11-21(27-29(19)22)33-13-12-24-20(30)14-28-17-4-2-3-5-18(17)34-23(28)31/h2-11H,12-14H2,1H3,(H,24,30). The second kappa shape index (κ2) is 9.06. The molecule has 5 aromatic rings. The molecule has 0 atom stereocenters. The van der Waals surface area contributed by atoms with Gasteiger partial charge < -0.3 is 19.2 Å². The Hall–Kier alpha value is -4.67. The van der Waals surface area contributed by atoms with Crippen molar-refractivity contribution in [2.24, 2.45) is 0 Å². The van der Waals surface area contributed by atoms with Crippen LogP contribution < -0.4 is 20.5 Å². The van der Waals surface area contributed by atoms with E-state index in [0.29, 0.717) is 28.5 Å². The van der Waals surface area contributed by atoms with E-state index < -0.39 is 5.76 Å². The number of methoxy groups -OCH3 is 1. The van der Waals surface area contributed by atoms with Gasteiger partial charge in [-0.2, -0.15) is 4.52 Å². The molecule has 0 fully saturated rings. The first-order valence-electron chi connectivity index (χ1n) is 10.5. The first kappa shape index (κ1) is 21.2. The number of nitrogens with one attached hydrogen (secondary N) is 1. The summed E-state index contributed by atoms with van der Waals surface area (Å²) in [6, 6.07) is 17.8. The number of carbonyl (C=O) groups excluding carboxylic acids is 1. The van der Waals surface area contributed by atoms with Crippen LogP contribution in [0.2, 0.25) is 0 Å². The van der Waals surface area contributed by atoms with Crippen LogP contribution in [-0.4, -0.2) is 50.5 Å². The number of carbonyl (C=O) groups is 1. The Morgan fingerprint density at radius 2 is 1.88 bits per heavy atom. The fraction of sp³-hybridized carbons (Fsp3) is 0.174. The second-order valence-corrected chi connectivity index (χ2v) is 7.31. The molecule has 0 aliphatic rings. The smallest absolute Gasteiger partial charge is 0.420 e. The van der Waals surface area contributed by atoms with Crippen molar-refractivity contribution in [3.05, 3.63) is 71.2 Å². The summed E-state index contributed by atoms with van der Waals surface area (Å²) in [6.45, 7) is 0.272. The molecule has 11 nitrogen and oxygen atoms in total. The second-order valence-electron chi connectivity index (χ2n) is 7.31. The van der Waals surface area contributed by atoms with Gasteiger partial charge in [-0.25, -0.2) is 4.79 Å². The average molecular weight is 460 g/mol. The molecule has 1 amide bonds. The number of ether oxygens (including phenoxy) is 2. The van der Waals surface area contributed by atoms with E-state index in [2.05, 4.69) is 20.6 Å². The zero-order valence-electron chi connectivity index (χ0n) is 18.2. The number of fused-ring (bicyclic) bond motifs is 2. The van der Waals surface area contributed by atoms with Gasteiger partial charge in [-0.05, 0) is 42.5 Å². The highest BCUT2D eigenvalue weighted by atomic mass is 16.5. The number of hydrogen-bond donors (Lipinski definition) is 1. The maximum Gasteiger partial charge on any atom is 0.420 e. The number of amides is 1. The summed E-state index contributed by atoms with van der Waals surface area (Å²) in [6.07, 6.45) is 0. The minimum Gasteiger partial charge on any atom is -0.497 e. The fourth-order valence-electron chi connectivity index (χ4n) is 3.48. The van der Waals surface area contributed by atoms with E-state index in [9.17, 15) is 9.59 Å². The first-order chi connectivity index (χ1) is 16.6. The highest BCUT2D eigenvalue weighted by Gasteiger charge is 2.13. The Morgan fingerprint density at radius 3 is 2.71 bits per heavy atom. The van der Waals surface area contributed by atoms with Crippen LogP contribution in [0.1, 0.15) is 0 Å². The van der Waals surface area contributed by atoms with Crippen molar-refractivity contribution in [3.8, 4) is 23.0 Å². The molecule has 0 bridgehead atoms. The predicted molar refractivity (Wildman–Crippen MR) is 122 cm³/mol. The van der Waals surface area contributed by atoms with Crippen molar-refractivity contribution in [1.29, 1.82) is 0 Å². The summed E-state index contributed by atoms with van der Waals surface area (Å²) in [5.41, 5.74) is 2.41. The molecule has 172 valence electrons. The predicted octanol–water partition coefficient (Wildman–Crippen LogP) is 1.90. The molecule has 0 spiro atoms. The minimum absolute atomic E-state index is 0.147. The third kappa shape index (κ3) is 4.18. The number of oxazole rings is 1. The number of benzene rings is 2. The van der Waals surface area contributed by atoms with Crippen molar-refractivity contribution < 1.29 is 18.7 Å². The molecule has 0 saturated carbocycles.